The third kappa shape index (κ3) is 4.44. The Balaban J connectivity index is 1.22. The van der Waals surface area contributed by atoms with Gasteiger partial charge in [-0.2, -0.15) is 5.10 Å². The van der Waals surface area contributed by atoms with E-state index < -0.39 is 0 Å². The van der Waals surface area contributed by atoms with E-state index in [0.29, 0.717) is 0 Å². The van der Waals surface area contributed by atoms with Gasteiger partial charge in [-0.1, -0.05) is 48.5 Å². The van der Waals surface area contributed by atoms with E-state index in [0.717, 1.165) is 67.5 Å². The molecule has 35 heavy (non-hydrogen) atoms. The largest absolute Gasteiger partial charge is 0.348 e. The minimum atomic E-state index is -0.192. The molecule has 1 aliphatic heterocycles. The molecule has 3 N–H and O–H groups in total. The van der Waals surface area contributed by atoms with Gasteiger partial charge in [0.15, 0.2) is 0 Å². The fourth-order valence-corrected chi connectivity index (χ4v) is 5.38. The van der Waals surface area contributed by atoms with E-state index in [1.165, 1.54) is 5.56 Å². The molecule has 8 heteroatoms. The standard InChI is InChI=1S/C27H29N7O/c35-27(31-26-21-12-7-13-23(21)32-34(26)20-10-5-2-6-11-20)30-24-17-33(18-25-28-14-15-29-25)16-22(24)19-8-3-1-4-9-19/h1-6,8-11,14-15,22,24H,7,12-13,16-18H2,(H,28,29)(H2,30,31,35). The normalized spacial score (nSPS) is 19.5. The van der Waals surface area contributed by atoms with Crippen molar-refractivity contribution in [2.24, 2.45) is 0 Å². The fraction of sp³-hybridized carbons (Fsp3) is 0.296. The summed E-state index contributed by atoms with van der Waals surface area (Å²) in [5.74, 6) is 1.91. The van der Waals surface area contributed by atoms with Crippen LogP contribution in [0.15, 0.2) is 73.1 Å². The number of fused-ring (bicyclic) bond motifs is 1. The highest BCUT2D eigenvalue weighted by Gasteiger charge is 2.35. The van der Waals surface area contributed by atoms with Crippen LogP contribution in [0.3, 0.4) is 0 Å². The van der Waals surface area contributed by atoms with Gasteiger partial charge in [0, 0.05) is 37.0 Å². The molecular formula is C27H29N7O. The highest BCUT2D eigenvalue weighted by atomic mass is 16.2. The third-order valence-corrected chi connectivity index (χ3v) is 7.01. The maximum Gasteiger partial charge on any atom is 0.320 e. The van der Waals surface area contributed by atoms with Crippen molar-refractivity contribution in [3.05, 3.63) is 95.7 Å². The van der Waals surface area contributed by atoms with E-state index in [9.17, 15) is 4.79 Å². The molecule has 0 spiro atoms. The second-order valence-corrected chi connectivity index (χ2v) is 9.33. The molecule has 0 bridgehead atoms. The fourth-order valence-electron chi connectivity index (χ4n) is 5.38. The van der Waals surface area contributed by atoms with Crippen LogP contribution in [0.1, 0.15) is 35.0 Å². The van der Waals surface area contributed by atoms with Gasteiger partial charge in [0.1, 0.15) is 11.6 Å². The molecule has 0 radical (unpaired) electrons. The second-order valence-electron chi connectivity index (χ2n) is 9.33. The van der Waals surface area contributed by atoms with Crippen molar-refractivity contribution in [1.29, 1.82) is 0 Å². The number of benzene rings is 2. The van der Waals surface area contributed by atoms with Crippen molar-refractivity contribution in [2.45, 2.75) is 37.8 Å². The van der Waals surface area contributed by atoms with E-state index in [4.69, 9.17) is 5.10 Å². The minimum Gasteiger partial charge on any atom is -0.348 e. The smallest absolute Gasteiger partial charge is 0.320 e. The number of carbonyl (C=O) groups excluding carboxylic acids is 1. The number of rotatable bonds is 6. The summed E-state index contributed by atoms with van der Waals surface area (Å²) < 4.78 is 1.87. The van der Waals surface area contributed by atoms with Crippen LogP contribution in [0.5, 0.6) is 0 Å². The first-order chi connectivity index (χ1) is 17.2. The molecule has 2 aromatic carbocycles. The van der Waals surface area contributed by atoms with E-state index >= 15 is 0 Å². The van der Waals surface area contributed by atoms with Crippen LogP contribution in [0, 0.1) is 0 Å². The number of H-pyrrole nitrogens is 1. The van der Waals surface area contributed by atoms with Gasteiger partial charge in [-0.05, 0) is 37.0 Å². The minimum absolute atomic E-state index is 0.0199. The number of anilines is 1. The molecular weight excluding hydrogens is 438 g/mol. The van der Waals surface area contributed by atoms with Crippen molar-refractivity contribution in [3.63, 3.8) is 0 Å². The lowest BCUT2D eigenvalue weighted by molar-refractivity contribution is 0.246. The van der Waals surface area contributed by atoms with Crippen LogP contribution in [-0.2, 0) is 19.4 Å². The average Bonchev–Trinajstić information content (AvgIpc) is 3.67. The molecule has 2 amide bonds. The Hall–Kier alpha value is -3.91. The molecule has 4 aromatic rings. The quantitative estimate of drug-likeness (QED) is 0.401. The van der Waals surface area contributed by atoms with Gasteiger partial charge in [0.05, 0.1) is 24.0 Å². The highest BCUT2D eigenvalue weighted by Crippen LogP contribution is 2.32. The van der Waals surface area contributed by atoms with Crippen molar-refractivity contribution in [1.82, 2.24) is 30.0 Å². The number of urea groups is 1. The second kappa shape index (κ2) is 9.38. The Morgan fingerprint density at radius 2 is 1.83 bits per heavy atom. The maximum absolute atomic E-state index is 13.3. The molecule has 2 aromatic heterocycles. The summed E-state index contributed by atoms with van der Waals surface area (Å²) in [6.45, 7) is 2.33. The zero-order valence-electron chi connectivity index (χ0n) is 19.5. The molecule has 1 saturated heterocycles. The summed E-state index contributed by atoms with van der Waals surface area (Å²) in [5, 5.41) is 11.3. The van der Waals surface area contributed by atoms with E-state index in [-0.39, 0.29) is 18.0 Å². The lowest BCUT2D eigenvalue weighted by Crippen LogP contribution is -2.42. The van der Waals surface area contributed by atoms with Crippen LogP contribution in [0.2, 0.25) is 0 Å². The summed E-state index contributed by atoms with van der Waals surface area (Å²) in [6.07, 6.45) is 6.58. The van der Waals surface area contributed by atoms with Gasteiger partial charge in [0.25, 0.3) is 0 Å². The van der Waals surface area contributed by atoms with Crippen LogP contribution in [0.25, 0.3) is 5.69 Å². The first-order valence-corrected chi connectivity index (χ1v) is 12.2. The summed E-state index contributed by atoms with van der Waals surface area (Å²) in [6, 6.07) is 20.2. The van der Waals surface area contributed by atoms with Crippen LogP contribution < -0.4 is 10.6 Å². The predicted molar refractivity (Wildman–Crippen MR) is 135 cm³/mol. The van der Waals surface area contributed by atoms with Crippen LogP contribution >= 0.6 is 0 Å². The molecule has 2 atom stereocenters. The van der Waals surface area contributed by atoms with Gasteiger partial charge in [-0.15, -0.1) is 0 Å². The van der Waals surface area contributed by atoms with Crippen molar-refractivity contribution < 1.29 is 4.79 Å². The van der Waals surface area contributed by atoms with Gasteiger partial charge in [0.2, 0.25) is 0 Å². The Kier molecular flexibility index (Phi) is 5.79. The number of imidazole rings is 1. The number of amides is 2. The molecule has 1 aliphatic carbocycles. The average molecular weight is 468 g/mol. The van der Waals surface area contributed by atoms with Gasteiger partial charge < -0.3 is 10.3 Å². The van der Waals surface area contributed by atoms with E-state index in [2.05, 4.69) is 49.8 Å². The molecule has 2 aliphatic rings. The maximum atomic E-state index is 13.3. The number of aryl methyl sites for hydroxylation is 1. The number of nitrogens with zero attached hydrogens (tertiary/aromatic N) is 4. The SMILES string of the molecule is O=C(Nc1c2c(nn1-c1ccccc1)CCC2)NC1CN(Cc2ncc[nH]2)CC1c1ccccc1. The van der Waals surface area contributed by atoms with Crippen LogP contribution in [0.4, 0.5) is 10.6 Å². The summed E-state index contributed by atoms with van der Waals surface area (Å²) in [4.78, 5) is 23.3. The summed E-state index contributed by atoms with van der Waals surface area (Å²) in [7, 11) is 0. The highest BCUT2D eigenvalue weighted by molar-refractivity contribution is 5.90. The molecule has 8 nitrogen and oxygen atoms in total. The lowest BCUT2D eigenvalue weighted by atomic mass is 9.94. The number of para-hydroxylation sites is 1. The third-order valence-electron chi connectivity index (χ3n) is 7.01. The summed E-state index contributed by atoms with van der Waals surface area (Å²) in [5.41, 5.74) is 4.41. The van der Waals surface area contributed by atoms with E-state index in [1.807, 2.05) is 47.3 Å². The van der Waals surface area contributed by atoms with Gasteiger partial charge in [-0.3, -0.25) is 10.2 Å². The van der Waals surface area contributed by atoms with Crippen molar-refractivity contribution >= 4 is 11.8 Å². The number of nitrogens with one attached hydrogen (secondary N) is 3. The van der Waals surface area contributed by atoms with Gasteiger partial charge >= 0.3 is 6.03 Å². The first-order valence-electron chi connectivity index (χ1n) is 12.2. The number of aromatic nitrogens is 4. The van der Waals surface area contributed by atoms with E-state index in [1.54, 1.807) is 6.20 Å². The molecule has 1 fully saturated rings. The number of hydrogen-bond donors (Lipinski definition) is 3. The molecule has 2 unspecified atom stereocenters. The Bertz CT molecular complexity index is 1280. The van der Waals surface area contributed by atoms with Crippen LogP contribution in [-0.4, -0.2) is 49.8 Å². The number of carbonyl (C=O) groups is 1. The first kappa shape index (κ1) is 21.6. The molecule has 3 heterocycles. The van der Waals surface area contributed by atoms with Crippen molar-refractivity contribution in [2.75, 3.05) is 18.4 Å². The number of hydrogen-bond acceptors (Lipinski definition) is 4. The number of aromatic amines is 1. The summed E-state index contributed by atoms with van der Waals surface area (Å²) >= 11 is 0. The topological polar surface area (TPSA) is 90.9 Å². The molecule has 6 rings (SSSR count). The Morgan fingerprint density at radius 1 is 1.03 bits per heavy atom. The Morgan fingerprint density at radius 3 is 2.60 bits per heavy atom. The monoisotopic (exact) mass is 467 g/mol. The number of likely N-dealkylation sites (tertiary alicyclic amines) is 1. The zero-order valence-corrected chi connectivity index (χ0v) is 19.5. The zero-order chi connectivity index (χ0) is 23.6. The van der Waals surface area contributed by atoms with Gasteiger partial charge in [-0.25, -0.2) is 14.5 Å². The molecule has 0 saturated carbocycles. The predicted octanol–water partition coefficient (Wildman–Crippen LogP) is 3.87. The van der Waals surface area contributed by atoms with Crippen molar-refractivity contribution in [3.8, 4) is 5.69 Å². The molecule has 178 valence electrons. The Labute approximate surface area is 204 Å². The lowest BCUT2D eigenvalue weighted by Gasteiger charge is -2.21.